The number of hydrogen-bond donors (Lipinski definition) is 1. The molecule has 0 N–H and O–H groups in total. The number of aromatic nitrogens is 2. The fourth-order valence-electron chi connectivity index (χ4n) is 1.54. The molecule has 2 rings (SSSR count). The van der Waals surface area contributed by atoms with Gasteiger partial charge >= 0.3 is 0 Å². The molecule has 1 unspecified atom stereocenters. The highest BCUT2D eigenvalue weighted by Gasteiger charge is 2.29. The standard InChI is InChI=1S/C8H11N3OS/c1-10-7(2-3-9-10)11-5-6(13)4-8(11)12/h2-3,6,13H,4-5H2,1H3. The summed E-state index contributed by atoms with van der Waals surface area (Å²) in [6.07, 6.45) is 2.21. The molecule has 0 radical (unpaired) electrons. The van der Waals surface area contributed by atoms with Crippen LogP contribution in [0, 0.1) is 0 Å². The van der Waals surface area contributed by atoms with Crippen LogP contribution in [-0.4, -0.2) is 27.5 Å². The molecule has 2 heterocycles. The second-order valence-electron chi connectivity index (χ2n) is 3.18. The molecule has 1 amide bonds. The molecule has 70 valence electrons. The van der Waals surface area contributed by atoms with Gasteiger partial charge < -0.3 is 0 Å². The molecule has 0 saturated carbocycles. The third kappa shape index (κ3) is 1.44. The minimum Gasteiger partial charge on any atom is -0.296 e. The van der Waals surface area contributed by atoms with Crippen LogP contribution in [0.3, 0.4) is 0 Å². The molecule has 0 bridgehead atoms. The number of aryl methyl sites for hydroxylation is 1. The van der Waals surface area contributed by atoms with E-state index in [2.05, 4.69) is 17.7 Å². The highest BCUT2D eigenvalue weighted by atomic mass is 32.1. The monoisotopic (exact) mass is 197 g/mol. The summed E-state index contributed by atoms with van der Waals surface area (Å²) in [5.74, 6) is 0.977. The Morgan fingerprint density at radius 3 is 2.92 bits per heavy atom. The predicted octanol–water partition coefficient (Wildman–Crippen LogP) is 0.455. The first-order valence-electron chi connectivity index (χ1n) is 4.15. The van der Waals surface area contributed by atoms with E-state index in [0.717, 1.165) is 5.82 Å². The molecule has 1 aliphatic heterocycles. The maximum absolute atomic E-state index is 11.5. The van der Waals surface area contributed by atoms with E-state index in [1.54, 1.807) is 15.8 Å². The van der Waals surface area contributed by atoms with Gasteiger partial charge in [0.15, 0.2) is 0 Å². The van der Waals surface area contributed by atoms with Crippen molar-refractivity contribution in [1.82, 2.24) is 9.78 Å². The molecule has 4 nitrogen and oxygen atoms in total. The van der Waals surface area contributed by atoms with E-state index in [9.17, 15) is 4.79 Å². The summed E-state index contributed by atoms with van der Waals surface area (Å²) < 4.78 is 1.70. The molecule has 1 aliphatic rings. The SMILES string of the molecule is Cn1nccc1N1CC(S)CC1=O. The number of rotatable bonds is 1. The Morgan fingerprint density at radius 2 is 2.46 bits per heavy atom. The summed E-state index contributed by atoms with van der Waals surface area (Å²) >= 11 is 4.28. The zero-order valence-electron chi connectivity index (χ0n) is 7.34. The first-order chi connectivity index (χ1) is 6.18. The van der Waals surface area contributed by atoms with Crippen LogP contribution < -0.4 is 4.90 Å². The largest absolute Gasteiger partial charge is 0.296 e. The first-order valence-corrected chi connectivity index (χ1v) is 4.66. The van der Waals surface area contributed by atoms with Gasteiger partial charge in [-0.05, 0) is 0 Å². The van der Waals surface area contributed by atoms with E-state index in [1.807, 2.05) is 13.1 Å². The number of amides is 1. The molecule has 0 spiro atoms. The van der Waals surface area contributed by atoms with Crippen molar-refractivity contribution >= 4 is 24.4 Å². The molecule has 1 fully saturated rings. The van der Waals surface area contributed by atoms with Gasteiger partial charge in [-0.3, -0.25) is 14.4 Å². The molecule has 1 atom stereocenters. The zero-order chi connectivity index (χ0) is 9.42. The highest BCUT2D eigenvalue weighted by molar-refractivity contribution is 7.81. The number of anilines is 1. The van der Waals surface area contributed by atoms with E-state index in [1.165, 1.54) is 0 Å². The van der Waals surface area contributed by atoms with Crippen LogP contribution in [0.2, 0.25) is 0 Å². The van der Waals surface area contributed by atoms with Crippen molar-refractivity contribution in [3.8, 4) is 0 Å². The molecule has 1 saturated heterocycles. The van der Waals surface area contributed by atoms with Crippen LogP contribution in [0.4, 0.5) is 5.82 Å². The quantitative estimate of drug-likeness (QED) is 0.664. The number of carbonyl (C=O) groups is 1. The van der Waals surface area contributed by atoms with E-state index >= 15 is 0 Å². The lowest BCUT2D eigenvalue weighted by molar-refractivity contribution is -0.117. The molecular formula is C8H11N3OS. The summed E-state index contributed by atoms with van der Waals surface area (Å²) in [5, 5.41) is 4.17. The highest BCUT2D eigenvalue weighted by Crippen LogP contribution is 2.22. The second-order valence-corrected chi connectivity index (χ2v) is 3.91. The van der Waals surface area contributed by atoms with Crippen molar-refractivity contribution in [2.24, 2.45) is 7.05 Å². The third-order valence-corrected chi connectivity index (χ3v) is 2.52. The van der Waals surface area contributed by atoms with Crippen molar-refractivity contribution in [2.75, 3.05) is 11.4 Å². The van der Waals surface area contributed by atoms with Crippen LogP contribution in [0.1, 0.15) is 6.42 Å². The summed E-state index contributed by atoms with van der Waals surface area (Å²) in [6.45, 7) is 0.682. The second kappa shape index (κ2) is 3.06. The van der Waals surface area contributed by atoms with Gasteiger partial charge in [-0.25, -0.2) is 0 Å². The maximum Gasteiger partial charge on any atom is 0.229 e. The van der Waals surface area contributed by atoms with Crippen molar-refractivity contribution in [2.45, 2.75) is 11.7 Å². The summed E-state index contributed by atoms with van der Waals surface area (Å²) in [6, 6.07) is 1.84. The van der Waals surface area contributed by atoms with Gasteiger partial charge in [-0.1, -0.05) is 0 Å². The van der Waals surface area contributed by atoms with Crippen LogP contribution >= 0.6 is 12.6 Å². The van der Waals surface area contributed by atoms with Gasteiger partial charge in [-0.2, -0.15) is 17.7 Å². The van der Waals surface area contributed by atoms with Crippen LogP contribution in [0.25, 0.3) is 0 Å². The zero-order valence-corrected chi connectivity index (χ0v) is 8.24. The van der Waals surface area contributed by atoms with Crippen LogP contribution in [0.15, 0.2) is 12.3 Å². The summed E-state index contributed by atoms with van der Waals surface area (Å²) in [7, 11) is 1.83. The van der Waals surface area contributed by atoms with Gasteiger partial charge in [0, 0.05) is 31.3 Å². The van der Waals surface area contributed by atoms with Gasteiger partial charge in [-0.15, -0.1) is 0 Å². The Morgan fingerprint density at radius 1 is 1.69 bits per heavy atom. The fraction of sp³-hybridized carbons (Fsp3) is 0.500. The Balaban J connectivity index is 2.27. The molecule has 1 aromatic rings. The topological polar surface area (TPSA) is 38.1 Å². The number of nitrogens with zero attached hydrogens (tertiary/aromatic N) is 3. The molecule has 5 heteroatoms. The third-order valence-electron chi connectivity index (χ3n) is 2.18. The molecule has 13 heavy (non-hydrogen) atoms. The number of thiol groups is 1. The van der Waals surface area contributed by atoms with E-state index in [-0.39, 0.29) is 11.2 Å². The Hall–Kier alpha value is -0.970. The van der Waals surface area contributed by atoms with Crippen LogP contribution in [0.5, 0.6) is 0 Å². The minimum atomic E-state index is 0.128. The lowest BCUT2D eigenvalue weighted by atomic mass is 10.4. The smallest absolute Gasteiger partial charge is 0.229 e. The molecule has 0 aromatic carbocycles. The minimum absolute atomic E-state index is 0.128. The average molecular weight is 197 g/mol. The molecular weight excluding hydrogens is 186 g/mol. The summed E-state index contributed by atoms with van der Waals surface area (Å²) in [5.41, 5.74) is 0. The summed E-state index contributed by atoms with van der Waals surface area (Å²) in [4.78, 5) is 13.2. The van der Waals surface area contributed by atoms with E-state index < -0.39 is 0 Å². The van der Waals surface area contributed by atoms with Crippen molar-refractivity contribution in [1.29, 1.82) is 0 Å². The molecule has 1 aromatic heterocycles. The van der Waals surface area contributed by atoms with Crippen molar-refractivity contribution in [3.05, 3.63) is 12.3 Å². The molecule has 0 aliphatic carbocycles. The Bertz CT molecular complexity index is 336. The number of carbonyl (C=O) groups excluding carboxylic acids is 1. The lowest BCUT2D eigenvalue weighted by Crippen LogP contribution is -2.26. The van der Waals surface area contributed by atoms with Gasteiger partial charge in [0.1, 0.15) is 5.82 Å². The van der Waals surface area contributed by atoms with E-state index in [4.69, 9.17) is 0 Å². The van der Waals surface area contributed by atoms with Gasteiger partial charge in [0.25, 0.3) is 0 Å². The number of hydrogen-bond acceptors (Lipinski definition) is 3. The van der Waals surface area contributed by atoms with Gasteiger partial charge in [0.2, 0.25) is 5.91 Å². The fourth-order valence-corrected chi connectivity index (χ4v) is 1.86. The van der Waals surface area contributed by atoms with Crippen LogP contribution in [-0.2, 0) is 11.8 Å². The first kappa shape index (κ1) is 8.62. The van der Waals surface area contributed by atoms with E-state index in [0.29, 0.717) is 13.0 Å². The van der Waals surface area contributed by atoms with Crippen molar-refractivity contribution in [3.63, 3.8) is 0 Å². The predicted molar refractivity (Wildman–Crippen MR) is 53.0 cm³/mol. The Labute approximate surface area is 81.9 Å². The average Bonchev–Trinajstić information content (AvgIpc) is 2.58. The maximum atomic E-state index is 11.5. The Kier molecular flexibility index (Phi) is 2.03. The van der Waals surface area contributed by atoms with Gasteiger partial charge in [0.05, 0.1) is 6.20 Å². The van der Waals surface area contributed by atoms with Crippen molar-refractivity contribution < 1.29 is 4.79 Å². The lowest BCUT2D eigenvalue weighted by Gasteiger charge is -2.15. The normalized spacial score (nSPS) is 22.8.